The quantitative estimate of drug-likeness (QED) is 0.666. The second-order valence-corrected chi connectivity index (χ2v) is 6.59. The Bertz CT molecular complexity index is 483. The molecule has 1 aromatic rings. The Morgan fingerprint density at radius 1 is 1.04 bits per heavy atom. The van der Waals surface area contributed by atoms with E-state index < -0.39 is 11.6 Å². The Hall–Kier alpha value is -1.16. The van der Waals surface area contributed by atoms with Crippen LogP contribution in [0.4, 0.5) is 8.78 Å². The van der Waals surface area contributed by atoms with Crippen LogP contribution in [-0.2, 0) is 0 Å². The zero-order valence-electron chi connectivity index (χ0n) is 14.0. The molecule has 0 spiro atoms. The van der Waals surface area contributed by atoms with Gasteiger partial charge in [0, 0.05) is 6.61 Å². The van der Waals surface area contributed by atoms with Gasteiger partial charge in [0.1, 0.15) is 0 Å². The number of benzene rings is 1. The molecule has 2 rings (SSSR count). The number of halogens is 2. The molecule has 0 aliphatic heterocycles. The van der Waals surface area contributed by atoms with E-state index in [1.54, 1.807) is 12.1 Å². The van der Waals surface area contributed by atoms with E-state index in [0.29, 0.717) is 18.1 Å². The number of unbranched alkanes of at least 4 members (excludes halogenated alkanes) is 3. The van der Waals surface area contributed by atoms with Crippen molar-refractivity contribution in [3.8, 4) is 5.75 Å². The van der Waals surface area contributed by atoms with Gasteiger partial charge in [-0.3, -0.25) is 0 Å². The molecule has 1 saturated carbocycles. The Kier molecular flexibility index (Phi) is 7.28. The zero-order valence-corrected chi connectivity index (χ0v) is 14.0. The molecule has 4 heteroatoms. The lowest BCUT2D eigenvalue weighted by molar-refractivity contribution is 0.181. The van der Waals surface area contributed by atoms with Gasteiger partial charge >= 0.3 is 0 Å². The lowest BCUT2D eigenvalue weighted by Crippen LogP contribution is -2.17. The highest BCUT2D eigenvalue weighted by molar-refractivity contribution is 5.33. The Morgan fingerprint density at radius 3 is 2.43 bits per heavy atom. The summed E-state index contributed by atoms with van der Waals surface area (Å²) in [7, 11) is 0. The maximum absolute atomic E-state index is 14.4. The average Bonchev–Trinajstić information content (AvgIpc) is 2.58. The van der Waals surface area contributed by atoms with E-state index in [1.165, 1.54) is 0 Å². The van der Waals surface area contributed by atoms with Crippen molar-refractivity contribution in [2.24, 2.45) is 5.92 Å². The van der Waals surface area contributed by atoms with Gasteiger partial charge in [0.25, 0.3) is 0 Å². The van der Waals surface area contributed by atoms with E-state index >= 15 is 0 Å². The standard InChI is InChI=1S/C19H28F2O2/c1-2-3-4-5-12-23-17-11-10-16(18(20)19(17)21)15-8-6-14(13-22)7-9-15/h10-11,14-15,22H,2-9,12-13H2,1H3. The van der Waals surface area contributed by atoms with Crippen LogP contribution >= 0.6 is 0 Å². The van der Waals surface area contributed by atoms with E-state index in [1.807, 2.05) is 0 Å². The van der Waals surface area contributed by atoms with Crippen LogP contribution in [0.15, 0.2) is 12.1 Å². The average molecular weight is 326 g/mol. The predicted octanol–water partition coefficient (Wildman–Crippen LogP) is 5.19. The molecule has 0 atom stereocenters. The number of hydrogen-bond donors (Lipinski definition) is 1. The fourth-order valence-corrected chi connectivity index (χ4v) is 3.34. The minimum absolute atomic E-state index is 0.0202. The lowest BCUT2D eigenvalue weighted by atomic mass is 9.79. The third-order valence-corrected chi connectivity index (χ3v) is 4.88. The van der Waals surface area contributed by atoms with Crippen molar-refractivity contribution in [1.82, 2.24) is 0 Å². The van der Waals surface area contributed by atoms with Crippen LogP contribution in [-0.4, -0.2) is 18.3 Å². The molecule has 2 nitrogen and oxygen atoms in total. The van der Waals surface area contributed by atoms with E-state index in [2.05, 4.69) is 6.92 Å². The van der Waals surface area contributed by atoms with Crippen molar-refractivity contribution in [2.45, 2.75) is 64.2 Å². The van der Waals surface area contributed by atoms with Crippen LogP contribution in [0.25, 0.3) is 0 Å². The normalized spacial score (nSPS) is 21.4. The van der Waals surface area contributed by atoms with Gasteiger partial charge in [-0.15, -0.1) is 0 Å². The molecule has 130 valence electrons. The third-order valence-electron chi connectivity index (χ3n) is 4.88. The molecule has 1 aromatic carbocycles. The van der Waals surface area contributed by atoms with Gasteiger partial charge in [-0.25, -0.2) is 4.39 Å². The van der Waals surface area contributed by atoms with Crippen LogP contribution in [0.3, 0.4) is 0 Å². The van der Waals surface area contributed by atoms with Gasteiger partial charge in [-0.05, 0) is 55.6 Å². The summed E-state index contributed by atoms with van der Waals surface area (Å²) in [6, 6.07) is 3.23. The minimum Gasteiger partial charge on any atom is -0.490 e. The summed E-state index contributed by atoms with van der Waals surface area (Å²) in [5.41, 5.74) is 0.456. The summed E-state index contributed by atoms with van der Waals surface area (Å²) in [6.45, 7) is 2.74. The second-order valence-electron chi connectivity index (χ2n) is 6.59. The number of aliphatic hydroxyl groups excluding tert-OH is 1. The second kappa shape index (κ2) is 9.21. The van der Waals surface area contributed by atoms with E-state index in [4.69, 9.17) is 9.84 Å². The largest absolute Gasteiger partial charge is 0.490 e. The molecule has 0 saturated heterocycles. The number of rotatable bonds is 8. The van der Waals surface area contributed by atoms with Gasteiger partial charge in [-0.2, -0.15) is 4.39 Å². The topological polar surface area (TPSA) is 29.5 Å². The molecule has 1 N–H and O–H groups in total. The van der Waals surface area contributed by atoms with Crippen molar-refractivity contribution < 1.29 is 18.6 Å². The van der Waals surface area contributed by atoms with Crippen LogP contribution in [0, 0.1) is 17.6 Å². The molecule has 1 fully saturated rings. The maximum Gasteiger partial charge on any atom is 0.200 e. The molecule has 0 bridgehead atoms. The van der Waals surface area contributed by atoms with Crippen LogP contribution in [0.5, 0.6) is 5.75 Å². The van der Waals surface area contributed by atoms with Gasteiger partial charge in [0.15, 0.2) is 11.6 Å². The maximum atomic E-state index is 14.4. The monoisotopic (exact) mass is 326 g/mol. The highest BCUT2D eigenvalue weighted by Gasteiger charge is 2.26. The highest BCUT2D eigenvalue weighted by Crippen LogP contribution is 2.38. The first-order valence-electron chi connectivity index (χ1n) is 8.88. The van der Waals surface area contributed by atoms with Gasteiger partial charge in [-0.1, -0.05) is 32.3 Å². The molecule has 1 aliphatic rings. The predicted molar refractivity (Wildman–Crippen MR) is 87.8 cm³/mol. The van der Waals surface area contributed by atoms with Gasteiger partial charge in [0.05, 0.1) is 6.61 Å². The molecule has 0 heterocycles. The Morgan fingerprint density at radius 2 is 1.78 bits per heavy atom. The number of aliphatic hydroxyl groups is 1. The van der Waals surface area contributed by atoms with Crippen LogP contribution < -0.4 is 4.74 Å². The third kappa shape index (κ3) is 4.90. The molecule has 0 radical (unpaired) electrons. The minimum atomic E-state index is -0.859. The fraction of sp³-hybridized carbons (Fsp3) is 0.684. The van der Waals surface area contributed by atoms with E-state index in [0.717, 1.165) is 51.4 Å². The Labute approximate surface area is 137 Å². The summed E-state index contributed by atoms with van der Waals surface area (Å²) >= 11 is 0. The Balaban J connectivity index is 1.94. The molecule has 0 aromatic heterocycles. The van der Waals surface area contributed by atoms with Crippen molar-refractivity contribution >= 4 is 0 Å². The summed E-state index contributed by atoms with van der Waals surface area (Å²) in [5, 5.41) is 9.17. The molecule has 0 amide bonds. The van der Waals surface area contributed by atoms with Gasteiger partial charge in [0.2, 0.25) is 5.82 Å². The summed E-state index contributed by atoms with van der Waals surface area (Å²) in [5.74, 6) is -1.24. The van der Waals surface area contributed by atoms with Crippen LogP contribution in [0.2, 0.25) is 0 Å². The first-order chi connectivity index (χ1) is 11.2. The van der Waals surface area contributed by atoms with Gasteiger partial charge < -0.3 is 9.84 Å². The SMILES string of the molecule is CCCCCCOc1ccc(C2CCC(CO)CC2)c(F)c1F. The molecular weight excluding hydrogens is 298 g/mol. The number of ether oxygens (including phenoxy) is 1. The highest BCUT2D eigenvalue weighted by atomic mass is 19.2. The molecule has 1 aliphatic carbocycles. The first-order valence-corrected chi connectivity index (χ1v) is 8.88. The molecule has 0 unspecified atom stereocenters. The van der Waals surface area contributed by atoms with Crippen molar-refractivity contribution in [2.75, 3.05) is 13.2 Å². The fourth-order valence-electron chi connectivity index (χ4n) is 3.34. The summed E-state index contributed by atoms with van der Waals surface area (Å²) in [4.78, 5) is 0. The van der Waals surface area contributed by atoms with Crippen molar-refractivity contribution in [3.63, 3.8) is 0 Å². The molecule has 23 heavy (non-hydrogen) atoms. The number of hydrogen-bond acceptors (Lipinski definition) is 2. The van der Waals surface area contributed by atoms with E-state index in [9.17, 15) is 8.78 Å². The lowest BCUT2D eigenvalue weighted by Gasteiger charge is -2.28. The summed E-state index contributed by atoms with van der Waals surface area (Å²) in [6.07, 6.45) is 7.54. The van der Waals surface area contributed by atoms with E-state index in [-0.39, 0.29) is 18.3 Å². The summed E-state index contributed by atoms with van der Waals surface area (Å²) < 4.78 is 33.9. The van der Waals surface area contributed by atoms with Crippen LogP contribution in [0.1, 0.15) is 69.8 Å². The molecular formula is C19H28F2O2. The van der Waals surface area contributed by atoms with Crippen molar-refractivity contribution in [1.29, 1.82) is 0 Å². The smallest absolute Gasteiger partial charge is 0.200 e. The van der Waals surface area contributed by atoms with Crippen molar-refractivity contribution in [3.05, 3.63) is 29.3 Å². The zero-order chi connectivity index (χ0) is 16.7. The first kappa shape index (κ1) is 18.2.